The van der Waals surface area contributed by atoms with Gasteiger partial charge in [-0.15, -0.1) is 11.3 Å². The molecule has 0 saturated heterocycles. The summed E-state index contributed by atoms with van der Waals surface area (Å²) in [5, 5.41) is 3.80. The van der Waals surface area contributed by atoms with E-state index in [1.54, 1.807) is 17.4 Å². The first-order chi connectivity index (χ1) is 13.9. The highest BCUT2D eigenvalue weighted by Gasteiger charge is 2.35. The summed E-state index contributed by atoms with van der Waals surface area (Å²) in [5.41, 5.74) is 2.83. The lowest BCUT2D eigenvalue weighted by Gasteiger charge is -2.09. The smallest absolute Gasteiger partial charge is 0.274 e. The van der Waals surface area contributed by atoms with E-state index in [0.717, 1.165) is 15.2 Å². The Labute approximate surface area is 171 Å². The Morgan fingerprint density at radius 2 is 1.93 bits per heavy atom. The van der Waals surface area contributed by atoms with Gasteiger partial charge >= 0.3 is 0 Å². The normalized spacial score (nSPS) is 14.8. The second-order valence-corrected chi connectivity index (χ2v) is 10.0. The Kier molecular flexibility index (Phi) is 4.04. The fourth-order valence-corrected chi connectivity index (χ4v) is 5.74. The number of fused-ring (bicyclic) bond motifs is 2. The molecule has 9 heteroatoms. The topological polar surface area (TPSA) is 93.9 Å². The van der Waals surface area contributed by atoms with Crippen LogP contribution in [0.25, 0.3) is 21.5 Å². The summed E-state index contributed by atoms with van der Waals surface area (Å²) in [7, 11) is -3.48. The van der Waals surface area contributed by atoms with E-state index in [9.17, 15) is 13.2 Å². The minimum atomic E-state index is -3.48. The van der Waals surface area contributed by atoms with Crippen LogP contribution in [0.4, 0.5) is 5.69 Å². The number of anilines is 1. The lowest BCUT2D eigenvalue weighted by molar-refractivity contribution is 0.101. The Morgan fingerprint density at radius 3 is 2.72 bits per heavy atom. The highest BCUT2D eigenvalue weighted by Crippen LogP contribution is 2.31. The van der Waals surface area contributed by atoms with Crippen molar-refractivity contribution < 1.29 is 13.2 Å². The highest BCUT2D eigenvalue weighted by molar-refractivity contribution is 7.91. The molecule has 1 aliphatic heterocycles. The van der Waals surface area contributed by atoms with Crippen molar-refractivity contribution in [2.24, 2.45) is 0 Å². The van der Waals surface area contributed by atoms with E-state index >= 15 is 0 Å². The number of sulfone groups is 1. The van der Waals surface area contributed by atoms with Crippen LogP contribution in [0.3, 0.4) is 0 Å². The van der Waals surface area contributed by atoms with Crippen molar-refractivity contribution in [2.75, 3.05) is 11.1 Å². The zero-order valence-electron chi connectivity index (χ0n) is 15.4. The molecule has 146 valence electrons. The molecule has 3 heterocycles. The van der Waals surface area contributed by atoms with Crippen molar-refractivity contribution in [1.82, 2.24) is 14.5 Å². The molecule has 0 unspecified atom stereocenters. The molecule has 0 atom stereocenters. The van der Waals surface area contributed by atoms with E-state index in [1.807, 2.05) is 49.4 Å². The monoisotopic (exact) mass is 424 g/mol. The van der Waals surface area contributed by atoms with Crippen molar-refractivity contribution in [1.29, 1.82) is 0 Å². The van der Waals surface area contributed by atoms with Crippen LogP contribution in [0.15, 0.2) is 53.7 Å². The summed E-state index contributed by atoms with van der Waals surface area (Å²) in [6.45, 7) is 2.15. The maximum Gasteiger partial charge on any atom is 0.274 e. The lowest BCUT2D eigenvalue weighted by Crippen LogP contribution is -2.17. The van der Waals surface area contributed by atoms with Crippen molar-refractivity contribution in [3.63, 3.8) is 0 Å². The van der Waals surface area contributed by atoms with Crippen molar-refractivity contribution >= 4 is 43.0 Å². The number of aromatic nitrogens is 3. The van der Waals surface area contributed by atoms with E-state index in [4.69, 9.17) is 0 Å². The van der Waals surface area contributed by atoms with Crippen LogP contribution in [-0.4, -0.2) is 34.6 Å². The molecule has 2 aromatic carbocycles. The fourth-order valence-electron chi connectivity index (χ4n) is 3.52. The molecule has 7 nitrogen and oxygen atoms in total. The molecule has 0 aliphatic carbocycles. The number of aryl methyl sites for hydroxylation is 1. The minimum Gasteiger partial charge on any atom is -0.321 e. The molecule has 0 radical (unpaired) electrons. The number of hydrogen-bond donors (Lipinski definition) is 1. The summed E-state index contributed by atoms with van der Waals surface area (Å²) in [6, 6.07) is 14.7. The molecule has 1 amide bonds. The first kappa shape index (κ1) is 18.0. The van der Waals surface area contributed by atoms with Gasteiger partial charge in [0.1, 0.15) is 11.4 Å². The molecule has 0 fully saturated rings. The van der Waals surface area contributed by atoms with Gasteiger partial charge in [0.25, 0.3) is 5.91 Å². The third-order valence-corrected chi connectivity index (χ3v) is 7.33. The maximum absolute atomic E-state index is 13.2. The van der Waals surface area contributed by atoms with Crippen LogP contribution >= 0.6 is 11.3 Å². The molecule has 0 bridgehead atoms. The largest absolute Gasteiger partial charge is 0.321 e. The fraction of sp³-hybridized carbons (Fsp3) is 0.150. The predicted molar refractivity (Wildman–Crippen MR) is 112 cm³/mol. The summed E-state index contributed by atoms with van der Waals surface area (Å²) < 4.78 is 27.2. The van der Waals surface area contributed by atoms with Crippen molar-refractivity contribution in [2.45, 2.75) is 18.6 Å². The Hall–Kier alpha value is -3.04. The lowest BCUT2D eigenvalue weighted by atomic mass is 10.1. The van der Waals surface area contributed by atoms with Crippen LogP contribution in [-0.2, 0) is 16.4 Å². The molecular weight excluding hydrogens is 408 g/mol. The third-order valence-electron chi connectivity index (χ3n) is 4.81. The summed E-state index contributed by atoms with van der Waals surface area (Å²) in [6.07, 6.45) is 0. The number of benzene rings is 2. The van der Waals surface area contributed by atoms with E-state index in [0.29, 0.717) is 16.9 Å². The number of carbonyl (C=O) groups is 1. The van der Waals surface area contributed by atoms with Crippen LogP contribution in [0.2, 0.25) is 0 Å². The van der Waals surface area contributed by atoms with Gasteiger partial charge in [0.05, 0.1) is 21.0 Å². The quantitative estimate of drug-likeness (QED) is 0.543. The van der Waals surface area contributed by atoms with Crippen LogP contribution in [0, 0.1) is 6.92 Å². The first-order valence-corrected chi connectivity index (χ1v) is 11.5. The molecule has 0 saturated carbocycles. The van der Waals surface area contributed by atoms with Gasteiger partial charge in [-0.2, -0.15) is 0 Å². The van der Waals surface area contributed by atoms with Gasteiger partial charge in [-0.25, -0.2) is 18.4 Å². The zero-order chi connectivity index (χ0) is 20.2. The molecule has 1 N–H and O–H groups in total. The van der Waals surface area contributed by atoms with Gasteiger partial charge in [-0.1, -0.05) is 30.3 Å². The SMILES string of the molecule is Cc1nc2ccc(NC(=O)c3c(-c4ccccc4)nc4n3CCS4(=O)=O)cc2s1. The highest BCUT2D eigenvalue weighted by atomic mass is 32.2. The van der Waals surface area contributed by atoms with Crippen LogP contribution in [0.1, 0.15) is 15.5 Å². The number of nitrogens with zero attached hydrogens (tertiary/aromatic N) is 3. The summed E-state index contributed by atoms with van der Waals surface area (Å²) in [5.74, 6) is -0.433. The Balaban J connectivity index is 1.59. The van der Waals surface area contributed by atoms with Gasteiger partial charge < -0.3 is 9.88 Å². The molecule has 2 aromatic heterocycles. The van der Waals surface area contributed by atoms with E-state index < -0.39 is 9.84 Å². The predicted octanol–water partition coefficient (Wildman–Crippen LogP) is 3.51. The maximum atomic E-state index is 13.2. The van der Waals surface area contributed by atoms with Crippen LogP contribution < -0.4 is 5.32 Å². The molecule has 0 spiro atoms. The average molecular weight is 425 g/mol. The Bertz CT molecular complexity index is 1370. The minimum absolute atomic E-state index is 0.0449. The standard InChI is InChI=1S/C20H16N4O3S2/c1-12-21-15-8-7-14(11-16(15)28-12)22-19(25)18-17(13-5-3-2-4-6-13)23-20-24(18)9-10-29(20,26)27/h2-8,11H,9-10H2,1H3,(H,22,25). The van der Waals surface area contributed by atoms with E-state index in [2.05, 4.69) is 15.3 Å². The Morgan fingerprint density at radius 1 is 1.14 bits per heavy atom. The number of imidazole rings is 1. The van der Waals surface area contributed by atoms with Crippen molar-refractivity contribution in [3.05, 3.63) is 59.2 Å². The van der Waals surface area contributed by atoms with Gasteiger partial charge in [0.15, 0.2) is 0 Å². The first-order valence-electron chi connectivity index (χ1n) is 9.00. The molecular formula is C20H16N4O3S2. The third kappa shape index (κ3) is 3.02. The number of carbonyl (C=O) groups excluding carboxylic acids is 1. The molecule has 29 heavy (non-hydrogen) atoms. The summed E-state index contributed by atoms with van der Waals surface area (Å²) in [4.78, 5) is 22.0. The van der Waals surface area contributed by atoms with E-state index in [-0.39, 0.29) is 29.1 Å². The number of rotatable bonds is 3. The second kappa shape index (κ2) is 6.50. The number of amides is 1. The molecule has 4 aromatic rings. The second-order valence-electron chi connectivity index (χ2n) is 6.80. The molecule has 5 rings (SSSR count). The van der Waals surface area contributed by atoms with Crippen molar-refractivity contribution in [3.8, 4) is 11.3 Å². The van der Waals surface area contributed by atoms with Gasteiger partial charge in [0.2, 0.25) is 15.0 Å². The number of thiazole rings is 1. The summed E-state index contributed by atoms with van der Waals surface area (Å²) >= 11 is 1.55. The van der Waals surface area contributed by atoms with Gasteiger partial charge in [-0.3, -0.25) is 4.79 Å². The van der Waals surface area contributed by atoms with E-state index in [1.165, 1.54) is 4.57 Å². The van der Waals surface area contributed by atoms with Crippen LogP contribution in [0.5, 0.6) is 0 Å². The number of hydrogen-bond acceptors (Lipinski definition) is 6. The van der Waals surface area contributed by atoms with Gasteiger partial charge in [0, 0.05) is 17.8 Å². The number of nitrogens with one attached hydrogen (secondary N) is 1. The zero-order valence-corrected chi connectivity index (χ0v) is 17.0. The van der Waals surface area contributed by atoms with Gasteiger partial charge in [-0.05, 0) is 25.1 Å². The average Bonchev–Trinajstić information content (AvgIpc) is 3.34. The molecule has 1 aliphatic rings.